The molecule has 0 spiro atoms. The van der Waals surface area contributed by atoms with Crippen molar-refractivity contribution < 1.29 is 9.18 Å². The summed E-state index contributed by atoms with van der Waals surface area (Å²) in [4.78, 5) is 11.7. The summed E-state index contributed by atoms with van der Waals surface area (Å²) in [5.74, 6) is -1.16. The van der Waals surface area contributed by atoms with Crippen molar-refractivity contribution in [3.63, 3.8) is 0 Å². The second kappa shape index (κ2) is 6.36. The third-order valence-electron chi connectivity index (χ3n) is 2.21. The van der Waals surface area contributed by atoms with Gasteiger partial charge in [-0.25, -0.2) is 4.39 Å². The standard InChI is InChI=1S/C12H12BrFN2O/c1-2-3-9(7-15)16-12(17)10-6-8(13)4-5-11(10)14/h4-6,9H,2-3H2,1H3,(H,16,17). The van der Waals surface area contributed by atoms with Crippen molar-refractivity contribution in [3.05, 3.63) is 34.1 Å². The topological polar surface area (TPSA) is 52.9 Å². The molecule has 1 N–H and O–H groups in total. The van der Waals surface area contributed by atoms with Gasteiger partial charge < -0.3 is 5.32 Å². The Morgan fingerprint density at radius 3 is 2.94 bits per heavy atom. The van der Waals surface area contributed by atoms with E-state index in [1.165, 1.54) is 18.2 Å². The Morgan fingerprint density at radius 1 is 1.65 bits per heavy atom. The minimum absolute atomic E-state index is 0.0595. The van der Waals surface area contributed by atoms with E-state index in [2.05, 4.69) is 21.2 Å². The molecule has 3 nitrogen and oxygen atoms in total. The molecule has 0 heterocycles. The highest BCUT2D eigenvalue weighted by Gasteiger charge is 2.16. The Morgan fingerprint density at radius 2 is 2.35 bits per heavy atom. The van der Waals surface area contributed by atoms with Crippen LogP contribution >= 0.6 is 15.9 Å². The number of nitriles is 1. The fourth-order valence-electron chi connectivity index (χ4n) is 1.37. The first kappa shape index (κ1) is 13.7. The fourth-order valence-corrected chi connectivity index (χ4v) is 1.73. The van der Waals surface area contributed by atoms with Gasteiger partial charge in [0.25, 0.3) is 5.91 Å². The Labute approximate surface area is 108 Å². The molecule has 0 radical (unpaired) electrons. The van der Waals surface area contributed by atoms with Crippen LogP contribution in [0, 0.1) is 17.1 Å². The maximum atomic E-state index is 13.4. The summed E-state index contributed by atoms with van der Waals surface area (Å²) in [6.07, 6.45) is 1.33. The Hall–Kier alpha value is -1.41. The quantitative estimate of drug-likeness (QED) is 0.929. The summed E-state index contributed by atoms with van der Waals surface area (Å²) in [6, 6.07) is 5.51. The van der Waals surface area contributed by atoms with Crippen molar-refractivity contribution in [1.82, 2.24) is 5.32 Å². The molecule has 0 bridgehead atoms. The first-order chi connectivity index (χ1) is 8.08. The molecular formula is C12H12BrFN2O. The van der Waals surface area contributed by atoms with Gasteiger partial charge in [-0.05, 0) is 24.6 Å². The molecule has 0 saturated heterocycles. The van der Waals surface area contributed by atoms with Gasteiger partial charge in [-0.3, -0.25) is 4.79 Å². The van der Waals surface area contributed by atoms with Gasteiger partial charge in [-0.2, -0.15) is 5.26 Å². The van der Waals surface area contributed by atoms with Gasteiger partial charge in [0.15, 0.2) is 0 Å². The van der Waals surface area contributed by atoms with E-state index in [9.17, 15) is 9.18 Å². The van der Waals surface area contributed by atoms with Crippen LogP contribution in [0.2, 0.25) is 0 Å². The van der Waals surface area contributed by atoms with E-state index >= 15 is 0 Å². The summed E-state index contributed by atoms with van der Waals surface area (Å²) in [5, 5.41) is 11.3. The molecule has 1 unspecified atom stereocenters. The molecule has 1 amide bonds. The average molecular weight is 299 g/mol. The van der Waals surface area contributed by atoms with Crippen LogP contribution in [-0.2, 0) is 0 Å². The van der Waals surface area contributed by atoms with Crippen LogP contribution in [0.25, 0.3) is 0 Å². The number of nitrogens with one attached hydrogen (secondary N) is 1. The maximum Gasteiger partial charge on any atom is 0.255 e. The summed E-state index contributed by atoms with van der Waals surface area (Å²) < 4.78 is 14.0. The molecule has 1 aromatic rings. The van der Waals surface area contributed by atoms with Crippen molar-refractivity contribution in [1.29, 1.82) is 5.26 Å². The largest absolute Gasteiger partial charge is 0.336 e. The number of carbonyl (C=O) groups excluding carboxylic acids is 1. The number of nitrogens with zero attached hydrogens (tertiary/aromatic N) is 1. The van der Waals surface area contributed by atoms with Gasteiger partial charge in [0.1, 0.15) is 11.9 Å². The van der Waals surface area contributed by atoms with Crippen molar-refractivity contribution in [2.75, 3.05) is 0 Å². The Kier molecular flexibility index (Phi) is 5.11. The highest BCUT2D eigenvalue weighted by atomic mass is 79.9. The Balaban J connectivity index is 2.83. The molecule has 0 saturated carbocycles. The number of amides is 1. The highest BCUT2D eigenvalue weighted by Crippen LogP contribution is 2.15. The lowest BCUT2D eigenvalue weighted by atomic mass is 10.1. The van der Waals surface area contributed by atoms with Gasteiger partial charge in [0, 0.05) is 4.47 Å². The van der Waals surface area contributed by atoms with Crippen LogP contribution < -0.4 is 5.32 Å². The predicted molar refractivity (Wildman–Crippen MR) is 65.9 cm³/mol. The van der Waals surface area contributed by atoms with E-state index in [-0.39, 0.29) is 5.56 Å². The van der Waals surface area contributed by atoms with E-state index in [0.717, 1.165) is 6.42 Å². The molecule has 0 aliphatic heterocycles. The normalized spacial score (nSPS) is 11.6. The van der Waals surface area contributed by atoms with Gasteiger partial charge >= 0.3 is 0 Å². The van der Waals surface area contributed by atoms with Crippen LogP contribution in [0.4, 0.5) is 4.39 Å². The summed E-state index contributed by atoms with van der Waals surface area (Å²) in [5.41, 5.74) is -0.0595. The lowest BCUT2D eigenvalue weighted by molar-refractivity contribution is 0.0940. The molecule has 90 valence electrons. The van der Waals surface area contributed by atoms with Gasteiger partial charge in [0.05, 0.1) is 11.6 Å². The summed E-state index contributed by atoms with van der Waals surface area (Å²) in [6.45, 7) is 1.91. The molecule has 0 fully saturated rings. The average Bonchev–Trinajstić information content (AvgIpc) is 2.31. The lowest BCUT2D eigenvalue weighted by Gasteiger charge is -2.11. The van der Waals surface area contributed by atoms with E-state index in [4.69, 9.17) is 5.26 Å². The second-order valence-corrected chi connectivity index (χ2v) is 4.48. The van der Waals surface area contributed by atoms with Crippen molar-refractivity contribution in [2.24, 2.45) is 0 Å². The van der Waals surface area contributed by atoms with E-state index in [0.29, 0.717) is 10.9 Å². The van der Waals surface area contributed by atoms with E-state index in [1.807, 2.05) is 13.0 Å². The molecule has 0 aromatic heterocycles. The van der Waals surface area contributed by atoms with E-state index in [1.54, 1.807) is 0 Å². The first-order valence-corrected chi connectivity index (χ1v) is 6.03. The Bertz CT molecular complexity index is 456. The van der Waals surface area contributed by atoms with Crippen molar-refractivity contribution in [3.8, 4) is 6.07 Å². The summed E-state index contributed by atoms with van der Waals surface area (Å²) in [7, 11) is 0. The lowest BCUT2D eigenvalue weighted by Crippen LogP contribution is -2.34. The molecule has 0 aliphatic carbocycles. The maximum absolute atomic E-state index is 13.4. The number of benzene rings is 1. The van der Waals surface area contributed by atoms with Gasteiger partial charge in [-0.1, -0.05) is 29.3 Å². The summed E-state index contributed by atoms with van der Waals surface area (Å²) >= 11 is 3.17. The van der Waals surface area contributed by atoms with Crippen LogP contribution in [0.1, 0.15) is 30.1 Å². The zero-order valence-electron chi connectivity index (χ0n) is 9.34. The molecule has 5 heteroatoms. The van der Waals surface area contributed by atoms with Gasteiger partial charge in [0.2, 0.25) is 0 Å². The number of hydrogen-bond acceptors (Lipinski definition) is 2. The number of halogens is 2. The monoisotopic (exact) mass is 298 g/mol. The molecule has 1 atom stereocenters. The van der Waals surface area contributed by atoms with Gasteiger partial charge in [-0.15, -0.1) is 0 Å². The highest BCUT2D eigenvalue weighted by molar-refractivity contribution is 9.10. The molecular weight excluding hydrogens is 287 g/mol. The molecule has 1 aromatic carbocycles. The van der Waals surface area contributed by atoms with Crippen LogP contribution in [0.3, 0.4) is 0 Å². The van der Waals surface area contributed by atoms with Crippen molar-refractivity contribution >= 4 is 21.8 Å². The molecule has 1 rings (SSSR count). The molecule has 0 aliphatic rings. The third-order valence-corrected chi connectivity index (χ3v) is 2.70. The predicted octanol–water partition coefficient (Wildman–Crippen LogP) is 3.01. The van der Waals surface area contributed by atoms with Crippen LogP contribution in [0.15, 0.2) is 22.7 Å². The number of hydrogen-bond donors (Lipinski definition) is 1. The molecule has 17 heavy (non-hydrogen) atoms. The fraction of sp³-hybridized carbons (Fsp3) is 0.333. The van der Waals surface area contributed by atoms with Crippen LogP contribution in [-0.4, -0.2) is 11.9 Å². The van der Waals surface area contributed by atoms with E-state index < -0.39 is 17.8 Å². The minimum Gasteiger partial charge on any atom is -0.336 e. The minimum atomic E-state index is -0.598. The van der Waals surface area contributed by atoms with Crippen LogP contribution in [0.5, 0.6) is 0 Å². The number of rotatable bonds is 4. The zero-order valence-corrected chi connectivity index (χ0v) is 10.9. The first-order valence-electron chi connectivity index (χ1n) is 5.24. The van der Waals surface area contributed by atoms with Crippen molar-refractivity contribution in [2.45, 2.75) is 25.8 Å². The second-order valence-electron chi connectivity index (χ2n) is 3.57. The zero-order chi connectivity index (χ0) is 12.8. The number of carbonyl (C=O) groups is 1. The smallest absolute Gasteiger partial charge is 0.255 e. The SMILES string of the molecule is CCCC(C#N)NC(=O)c1cc(Br)ccc1F. The third kappa shape index (κ3) is 3.82.